The number of nitrogens with zero attached hydrogens (tertiary/aromatic N) is 3. The highest BCUT2D eigenvalue weighted by Crippen LogP contribution is 2.27. The number of ether oxygens (including phenoxy) is 1. The molecule has 0 saturated carbocycles. The van der Waals surface area contributed by atoms with E-state index in [1.165, 1.54) is 12.3 Å². The van der Waals surface area contributed by atoms with Gasteiger partial charge in [-0.3, -0.25) is 4.98 Å². The summed E-state index contributed by atoms with van der Waals surface area (Å²) in [5.41, 5.74) is 5.63. The highest BCUT2D eigenvalue weighted by Gasteiger charge is 2.09. The Labute approximate surface area is 162 Å². The zero-order valence-electron chi connectivity index (χ0n) is 15.6. The van der Waals surface area contributed by atoms with Gasteiger partial charge >= 0.3 is 0 Å². The minimum atomic E-state index is -0.511. The van der Waals surface area contributed by atoms with Crippen molar-refractivity contribution in [2.24, 2.45) is 0 Å². The van der Waals surface area contributed by atoms with Crippen LogP contribution in [0.3, 0.4) is 0 Å². The molecule has 0 radical (unpaired) electrons. The standard InChI is InChI=1S/C22H19FN4O/c1-14-3-6-18(24-10-14)13-28-20-7-4-16(9-15(20)2)19-12-26-22(27-19)17-5-8-21(23)25-11-17/h3-12H,13H2,1-2H3,(H,26,27). The van der Waals surface area contributed by atoms with Crippen molar-refractivity contribution in [3.8, 4) is 28.4 Å². The van der Waals surface area contributed by atoms with Crippen LogP contribution in [-0.2, 0) is 6.61 Å². The molecule has 1 aromatic carbocycles. The summed E-state index contributed by atoms with van der Waals surface area (Å²) in [7, 11) is 0. The smallest absolute Gasteiger partial charge is 0.212 e. The van der Waals surface area contributed by atoms with Crippen molar-refractivity contribution in [3.05, 3.63) is 83.8 Å². The molecule has 0 saturated heterocycles. The molecular weight excluding hydrogens is 355 g/mol. The number of aromatic amines is 1. The number of imidazole rings is 1. The number of H-pyrrole nitrogens is 1. The Morgan fingerprint density at radius 1 is 0.893 bits per heavy atom. The van der Waals surface area contributed by atoms with Gasteiger partial charge in [-0.05, 0) is 61.4 Å². The number of aryl methyl sites for hydroxylation is 2. The maximum Gasteiger partial charge on any atom is 0.212 e. The van der Waals surface area contributed by atoms with E-state index in [1.807, 2.05) is 50.4 Å². The molecule has 5 nitrogen and oxygen atoms in total. The van der Waals surface area contributed by atoms with Gasteiger partial charge in [0.05, 0.1) is 17.6 Å². The van der Waals surface area contributed by atoms with E-state index in [9.17, 15) is 4.39 Å². The van der Waals surface area contributed by atoms with Crippen LogP contribution in [0.25, 0.3) is 22.6 Å². The number of nitrogens with one attached hydrogen (secondary N) is 1. The summed E-state index contributed by atoms with van der Waals surface area (Å²) in [6.07, 6.45) is 5.05. The fourth-order valence-electron chi connectivity index (χ4n) is 2.84. The van der Waals surface area contributed by atoms with E-state index < -0.39 is 5.95 Å². The van der Waals surface area contributed by atoms with Crippen LogP contribution in [0.15, 0.2) is 61.1 Å². The lowest BCUT2D eigenvalue weighted by molar-refractivity contribution is 0.299. The summed E-state index contributed by atoms with van der Waals surface area (Å²) in [6, 6.07) is 12.9. The molecular formula is C22H19FN4O. The zero-order chi connectivity index (χ0) is 19.5. The number of halogens is 1. The van der Waals surface area contributed by atoms with E-state index in [2.05, 4.69) is 19.9 Å². The highest BCUT2D eigenvalue weighted by atomic mass is 19.1. The SMILES string of the molecule is Cc1ccc(COc2ccc(-c3cnc(-c4ccc(F)nc4)[nH]3)cc2C)nc1. The van der Waals surface area contributed by atoms with E-state index in [4.69, 9.17) is 4.74 Å². The molecule has 0 spiro atoms. The molecule has 0 bridgehead atoms. The maximum atomic E-state index is 13.0. The van der Waals surface area contributed by atoms with Gasteiger partial charge in [0.1, 0.15) is 18.2 Å². The summed E-state index contributed by atoms with van der Waals surface area (Å²) in [6.45, 7) is 4.43. The van der Waals surface area contributed by atoms with Crippen LogP contribution in [0, 0.1) is 19.8 Å². The Morgan fingerprint density at radius 3 is 2.46 bits per heavy atom. The summed E-state index contributed by atoms with van der Waals surface area (Å²) in [5.74, 6) is 0.946. The van der Waals surface area contributed by atoms with E-state index in [0.717, 1.165) is 39.4 Å². The molecule has 0 aliphatic rings. The monoisotopic (exact) mass is 374 g/mol. The number of pyridine rings is 2. The highest BCUT2D eigenvalue weighted by molar-refractivity contribution is 5.65. The van der Waals surface area contributed by atoms with Gasteiger partial charge in [0.25, 0.3) is 0 Å². The van der Waals surface area contributed by atoms with Gasteiger partial charge in [-0.2, -0.15) is 4.39 Å². The molecule has 3 aromatic heterocycles. The average Bonchev–Trinajstić information content (AvgIpc) is 3.19. The summed E-state index contributed by atoms with van der Waals surface area (Å²) >= 11 is 0. The molecule has 28 heavy (non-hydrogen) atoms. The third-order valence-electron chi connectivity index (χ3n) is 4.41. The largest absolute Gasteiger partial charge is 0.487 e. The summed E-state index contributed by atoms with van der Waals surface area (Å²) in [5, 5.41) is 0. The number of hydrogen-bond acceptors (Lipinski definition) is 4. The molecule has 3 heterocycles. The zero-order valence-corrected chi connectivity index (χ0v) is 15.6. The third-order valence-corrected chi connectivity index (χ3v) is 4.41. The Kier molecular flexibility index (Phi) is 4.85. The second-order valence-corrected chi connectivity index (χ2v) is 6.61. The van der Waals surface area contributed by atoms with E-state index in [1.54, 1.807) is 12.3 Å². The number of benzene rings is 1. The fraction of sp³-hybridized carbons (Fsp3) is 0.136. The first-order valence-electron chi connectivity index (χ1n) is 8.91. The van der Waals surface area contributed by atoms with Crippen molar-refractivity contribution in [3.63, 3.8) is 0 Å². The van der Waals surface area contributed by atoms with Gasteiger partial charge in [0, 0.05) is 23.5 Å². The van der Waals surface area contributed by atoms with E-state index >= 15 is 0 Å². The Bertz CT molecular complexity index is 1090. The molecule has 4 aromatic rings. The molecule has 0 aliphatic carbocycles. The predicted molar refractivity (Wildman–Crippen MR) is 105 cm³/mol. The normalized spacial score (nSPS) is 10.8. The number of aromatic nitrogens is 4. The lowest BCUT2D eigenvalue weighted by atomic mass is 10.1. The van der Waals surface area contributed by atoms with Gasteiger partial charge in [-0.1, -0.05) is 6.07 Å². The quantitative estimate of drug-likeness (QED) is 0.506. The Hall–Kier alpha value is -3.54. The molecule has 6 heteroatoms. The maximum absolute atomic E-state index is 13.0. The molecule has 0 fully saturated rings. The molecule has 0 amide bonds. The average molecular weight is 374 g/mol. The lowest BCUT2D eigenvalue weighted by Gasteiger charge is -2.10. The van der Waals surface area contributed by atoms with Gasteiger partial charge in [-0.25, -0.2) is 9.97 Å². The molecule has 0 atom stereocenters. The molecule has 0 aliphatic heterocycles. The second kappa shape index (κ2) is 7.60. The van der Waals surface area contributed by atoms with Crippen molar-refractivity contribution >= 4 is 0 Å². The lowest BCUT2D eigenvalue weighted by Crippen LogP contribution is -1.99. The van der Waals surface area contributed by atoms with Crippen LogP contribution in [0.5, 0.6) is 5.75 Å². The summed E-state index contributed by atoms with van der Waals surface area (Å²) < 4.78 is 18.9. The third kappa shape index (κ3) is 3.91. The van der Waals surface area contributed by atoms with Crippen LogP contribution >= 0.6 is 0 Å². The molecule has 0 unspecified atom stereocenters. The number of rotatable bonds is 5. The minimum absolute atomic E-state index is 0.423. The van der Waals surface area contributed by atoms with Gasteiger partial charge in [0.2, 0.25) is 5.95 Å². The van der Waals surface area contributed by atoms with Crippen LogP contribution in [0.2, 0.25) is 0 Å². The van der Waals surface area contributed by atoms with Crippen molar-refractivity contribution in [1.82, 2.24) is 19.9 Å². The predicted octanol–water partition coefficient (Wildman–Crippen LogP) is 4.87. The van der Waals surface area contributed by atoms with Crippen LogP contribution in [0.4, 0.5) is 4.39 Å². The van der Waals surface area contributed by atoms with E-state index in [0.29, 0.717) is 12.4 Å². The van der Waals surface area contributed by atoms with Crippen LogP contribution < -0.4 is 4.74 Å². The first-order valence-corrected chi connectivity index (χ1v) is 8.91. The topological polar surface area (TPSA) is 63.7 Å². The Balaban J connectivity index is 1.50. The van der Waals surface area contributed by atoms with Crippen molar-refractivity contribution in [1.29, 1.82) is 0 Å². The minimum Gasteiger partial charge on any atom is -0.487 e. The number of hydrogen-bond donors (Lipinski definition) is 1. The van der Waals surface area contributed by atoms with Crippen molar-refractivity contribution in [2.45, 2.75) is 20.5 Å². The fourth-order valence-corrected chi connectivity index (χ4v) is 2.84. The van der Waals surface area contributed by atoms with E-state index in [-0.39, 0.29) is 0 Å². The summed E-state index contributed by atoms with van der Waals surface area (Å²) in [4.78, 5) is 15.6. The Morgan fingerprint density at radius 2 is 1.75 bits per heavy atom. The van der Waals surface area contributed by atoms with Crippen LogP contribution in [0.1, 0.15) is 16.8 Å². The van der Waals surface area contributed by atoms with Crippen molar-refractivity contribution in [2.75, 3.05) is 0 Å². The van der Waals surface area contributed by atoms with Crippen molar-refractivity contribution < 1.29 is 9.13 Å². The first kappa shape index (κ1) is 17.9. The first-order chi connectivity index (χ1) is 13.6. The molecule has 4 rings (SSSR count). The van der Waals surface area contributed by atoms with Gasteiger partial charge < -0.3 is 9.72 Å². The molecule has 1 N–H and O–H groups in total. The van der Waals surface area contributed by atoms with Crippen LogP contribution in [-0.4, -0.2) is 19.9 Å². The van der Waals surface area contributed by atoms with Gasteiger partial charge in [-0.15, -0.1) is 0 Å². The van der Waals surface area contributed by atoms with Gasteiger partial charge in [0.15, 0.2) is 0 Å². The second-order valence-electron chi connectivity index (χ2n) is 6.61. The molecule has 140 valence electrons.